The van der Waals surface area contributed by atoms with Crippen molar-refractivity contribution in [3.05, 3.63) is 77.2 Å². The summed E-state index contributed by atoms with van der Waals surface area (Å²) in [5.41, 5.74) is 2.31. The Hall–Kier alpha value is -2.55. The Morgan fingerprint density at radius 2 is 1.85 bits per heavy atom. The number of rotatable bonds is 2. The first-order valence-electron chi connectivity index (χ1n) is 6.32. The molecular formula is C17H12FNO. The van der Waals surface area contributed by atoms with E-state index in [1.807, 2.05) is 19.1 Å². The minimum atomic E-state index is -0.500. The summed E-state index contributed by atoms with van der Waals surface area (Å²) in [6.07, 6.45) is 0. The van der Waals surface area contributed by atoms with E-state index in [9.17, 15) is 9.18 Å². The van der Waals surface area contributed by atoms with Crippen LogP contribution in [0.15, 0.2) is 54.6 Å². The second-order valence-electron chi connectivity index (χ2n) is 4.67. The van der Waals surface area contributed by atoms with E-state index in [0.29, 0.717) is 5.56 Å². The quantitative estimate of drug-likeness (QED) is 0.657. The normalized spacial score (nSPS) is 10.7. The zero-order chi connectivity index (χ0) is 14.1. The van der Waals surface area contributed by atoms with Gasteiger partial charge in [0.15, 0.2) is 5.78 Å². The molecule has 2 aromatic carbocycles. The average Bonchev–Trinajstić information content (AvgIpc) is 2.46. The third-order valence-corrected chi connectivity index (χ3v) is 3.21. The summed E-state index contributed by atoms with van der Waals surface area (Å²) in [6, 6.07) is 15.0. The van der Waals surface area contributed by atoms with Gasteiger partial charge in [0, 0.05) is 16.6 Å². The molecule has 0 aliphatic rings. The van der Waals surface area contributed by atoms with E-state index >= 15 is 0 Å². The molecule has 0 radical (unpaired) electrons. The monoisotopic (exact) mass is 265 g/mol. The maximum atomic E-state index is 13.7. The molecule has 1 heterocycles. The molecule has 0 atom stereocenters. The van der Waals surface area contributed by atoms with E-state index in [2.05, 4.69) is 4.98 Å². The van der Waals surface area contributed by atoms with Crippen LogP contribution < -0.4 is 0 Å². The molecule has 98 valence electrons. The van der Waals surface area contributed by atoms with Crippen molar-refractivity contribution in [2.75, 3.05) is 0 Å². The molecule has 3 rings (SSSR count). The van der Waals surface area contributed by atoms with Crippen molar-refractivity contribution in [2.24, 2.45) is 0 Å². The zero-order valence-electron chi connectivity index (χ0n) is 10.9. The molecular weight excluding hydrogens is 253 g/mol. The predicted molar refractivity (Wildman–Crippen MR) is 76.3 cm³/mol. The molecule has 0 N–H and O–H groups in total. The van der Waals surface area contributed by atoms with Gasteiger partial charge < -0.3 is 0 Å². The first-order valence-corrected chi connectivity index (χ1v) is 6.32. The van der Waals surface area contributed by atoms with Crippen molar-refractivity contribution < 1.29 is 9.18 Å². The molecule has 20 heavy (non-hydrogen) atoms. The van der Waals surface area contributed by atoms with E-state index in [1.165, 1.54) is 12.1 Å². The van der Waals surface area contributed by atoms with Crippen molar-refractivity contribution in [2.45, 2.75) is 6.92 Å². The molecule has 3 aromatic rings. The van der Waals surface area contributed by atoms with Crippen LogP contribution in [-0.2, 0) is 0 Å². The minimum absolute atomic E-state index is 0.0897. The van der Waals surface area contributed by atoms with Gasteiger partial charge in [0.1, 0.15) is 5.82 Å². The molecule has 0 aliphatic heterocycles. The number of fused-ring (bicyclic) bond motifs is 1. The minimum Gasteiger partial charge on any atom is -0.288 e. The van der Waals surface area contributed by atoms with Gasteiger partial charge in [0.25, 0.3) is 0 Å². The summed E-state index contributed by atoms with van der Waals surface area (Å²) >= 11 is 0. The Morgan fingerprint density at radius 1 is 1.05 bits per heavy atom. The lowest BCUT2D eigenvalue weighted by atomic mass is 10.0. The van der Waals surface area contributed by atoms with Crippen LogP contribution in [0.4, 0.5) is 4.39 Å². The van der Waals surface area contributed by atoms with Gasteiger partial charge in [-0.25, -0.2) is 4.39 Å². The number of halogens is 1. The largest absolute Gasteiger partial charge is 0.288 e. The summed E-state index contributed by atoms with van der Waals surface area (Å²) in [7, 11) is 0. The number of pyridine rings is 1. The molecule has 0 aliphatic carbocycles. The molecule has 1 aromatic heterocycles. The molecule has 2 nitrogen and oxygen atoms in total. The number of ketones is 1. The standard InChI is InChI=1S/C17H12FNO/c1-11-6-7-12-10-13(8-9-16(12)19-11)17(20)14-4-2-3-5-15(14)18/h2-10H,1H3. The number of aryl methyl sites for hydroxylation is 1. The van der Waals surface area contributed by atoms with Crippen molar-refractivity contribution in [1.29, 1.82) is 0 Å². The Kier molecular flexibility index (Phi) is 3.03. The number of hydrogen-bond acceptors (Lipinski definition) is 2. The maximum Gasteiger partial charge on any atom is 0.195 e. The second kappa shape index (κ2) is 4.85. The number of benzene rings is 2. The molecule has 0 unspecified atom stereocenters. The SMILES string of the molecule is Cc1ccc2cc(C(=O)c3ccccc3F)ccc2n1. The fraction of sp³-hybridized carbons (Fsp3) is 0.0588. The average molecular weight is 265 g/mol. The highest BCUT2D eigenvalue weighted by Gasteiger charge is 2.13. The summed E-state index contributed by atoms with van der Waals surface area (Å²) in [5, 5.41) is 0.873. The van der Waals surface area contributed by atoms with Crippen molar-refractivity contribution in [3.63, 3.8) is 0 Å². The third-order valence-electron chi connectivity index (χ3n) is 3.21. The number of carbonyl (C=O) groups excluding carboxylic acids is 1. The van der Waals surface area contributed by atoms with Crippen LogP contribution >= 0.6 is 0 Å². The Bertz CT molecular complexity index is 811. The van der Waals surface area contributed by atoms with Crippen molar-refractivity contribution in [3.8, 4) is 0 Å². The van der Waals surface area contributed by atoms with Crippen LogP contribution in [0.5, 0.6) is 0 Å². The fourth-order valence-corrected chi connectivity index (χ4v) is 2.17. The van der Waals surface area contributed by atoms with Gasteiger partial charge in [-0.05, 0) is 43.3 Å². The molecule has 0 spiro atoms. The second-order valence-corrected chi connectivity index (χ2v) is 4.67. The highest BCUT2D eigenvalue weighted by atomic mass is 19.1. The van der Waals surface area contributed by atoms with Gasteiger partial charge in [0.05, 0.1) is 11.1 Å². The Labute approximate surface area is 115 Å². The van der Waals surface area contributed by atoms with Gasteiger partial charge in [-0.3, -0.25) is 9.78 Å². The lowest BCUT2D eigenvalue weighted by Gasteiger charge is -2.04. The highest BCUT2D eigenvalue weighted by Crippen LogP contribution is 2.18. The summed E-state index contributed by atoms with van der Waals surface area (Å²) < 4.78 is 13.7. The molecule has 0 amide bonds. The van der Waals surface area contributed by atoms with E-state index in [-0.39, 0.29) is 11.3 Å². The highest BCUT2D eigenvalue weighted by molar-refractivity contribution is 6.10. The lowest BCUT2D eigenvalue weighted by molar-refractivity contribution is 0.103. The molecule has 0 saturated carbocycles. The molecule has 0 bridgehead atoms. The van der Waals surface area contributed by atoms with E-state index in [1.54, 1.807) is 30.3 Å². The van der Waals surface area contributed by atoms with E-state index in [4.69, 9.17) is 0 Å². The maximum absolute atomic E-state index is 13.7. The summed E-state index contributed by atoms with van der Waals surface area (Å²) in [4.78, 5) is 16.7. The topological polar surface area (TPSA) is 30.0 Å². The molecule has 3 heteroatoms. The Morgan fingerprint density at radius 3 is 2.65 bits per heavy atom. The number of aromatic nitrogens is 1. The Balaban J connectivity index is 2.09. The predicted octanol–water partition coefficient (Wildman–Crippen LogP) is 3.91. The van der Waals surface area contributed by atoms with Crippen LogP contribution in [0.25, 0.3) is 10.9 Å². The van der Waals surface area contributed by atoms with Crippen molar-refractivity contribution in [1.82, 2.24) is 4.98 Å². The number of carbonyl (C=O) groups is 1. The summed E-state index contributed by atoms with van der Waals surface area (Å²) in [5.74, 6) is -0.815. The van der Waals surface area contributed by atoms with E-state index < -0.39 is 5.82 Å². The molecule has 0 fully saturated rings. The van der Waals surface area contributed by atoms with Crippen LogP contribution in [0, 0.1) is 12.7 Å². The smallest absolute Gasteiger partial charge is 0.195 e. The van der Waals surface area contributed by atoms with Crippen LogP contribution in [0.3, 0.4) is 0 Å². The van der Waals surface area contributed by atoms with Gasteiger partial charge in [-0.2, -0.15) is 0 Å². The first kappa shape index (κ1) is 12.5. The van der Waals surface area contributed by atoms with Gasteiger partial charge in [0.2, 0.25) is 0 Å². The van der Waals surface area contributed by atoms with Crippen LogP contribution in [0.1, 0.15) is 21.6 Å². The van der Waals surface area contributed by atoms with E-state index in [0.717, 1.165) is 16.6 Å². The van der Waals surface area contributed by atoms with Crippen molar-refractivity contribution >= 4 is 16.7 Å². The fourth-order valence-electron chi connectivity index (χ4n) is 2.17. The lowest BCUT2D eigenvalue weighted by Crippen LogP contribution is -2.04. The molecule has 0 saturated heterocycles. The first-order chi connectivity index (χ1) is 9.65. The number of nitrogens with zero attached hydrogens (tertiary/aromatic N) is 1. The van der Waals surface area contributed by atoms with Crippen LogP contribution in [0.2, 0.25) is 0 Å². The van der Waals surface area contributed by atoms with Gasteiger partial charge >= 0.3 is 0 Å². The van der Waals surface area contributed by atoms with Gasteiger partial charge in [-0.15, -0.1) is 0 Å². The van der Waals surface area contributed by atoms with Crippen LogP contribution in [-0.4, -0.2) is 10.8 Å². The summed E-state index contributed by atoms with van der Waals surface area (Å²) in [6.45, 7) is 1.91. The third kappa shape index (κ3) is 2.18. The van der Waals surface area contributed by atoms with Gasteiger partial charge in [-0.1, -0.05) is 18.2 Å². The zero-order valence-corrected chi connectivity index (χ0v) is 10.9. The number of hydrogen-bond donors (Lipinski definition) is 0.